The Hall–Kier alpha value is -1.58. The van der Waals surface area contributed by atoms with Gasteiger partial charge in [0.05, 0.1) is 0 Å². The Balaban J connectivity index is 2.26. The molecule has 0 radical (unpaired) electrons. The second-order valence-electron chi connectivity index (χ2n) is 7.14. The molecule has 1 aromatic rings. The molecule has 4 heteroatoms. The van der Waals surface area contributed by atoms with Gasteiger partial charge in [-0.15, -0.1) is 0 Å². The van der Waals surface area contributed by atoms with Crippen molar-refractivity contribution in [3.8, 4) is 0 Å². The fourth-order valence-corrected chi connectivity index (χ4v) is 3.08. The zero-order chi connectivity index (χ0) is 18.9. The summed E-state index contributed by atoms with van der Waals surface area (Å²) in [5.74, 6) is 0. The molecule has 1 heterocycles. The van der Waals surface area contributed by atoms with Gasteiger partial charge in [0.15, 0.2) is 0 Å². The number of pyridine rings is 1. The molecule has 0 aliphatic heterocycles. The Kier molecular flexibility index (Phi) is 13.5. The van der Waals surface area contributed by atoms with E-state index in [0.29, 0.717) is 6.54 Å². The molecule has 0 saturated heterocycles. The minimum absolute atomic E-state index is 0.0506. The van der Waals surface area contributed by atoms with Crippen LogP contribution in [0.4, 0.5) is 4.79 Å². The smallest absolute Gasteiger partial charge is 0.407 e. The van der Waals surface area contributed by atoms with Gasteiger partial charge in [-0.05, 0) is 43.4 Å². The SMILES string of the molecule is CCCCCCCCCC(CCCCC)OC(=O)NCc1ccncc1. The van der Waals surface area contributed by atoms with Crippen molar-refractivity contribution in [2.24, 2.45) is 0 Å². The van der Waals surface area contributed by atoms with Gasteiger partial charge in [-0.2, -0.15) is 0 Å². The minimum Gasteiger partial charge on any atom is -0.446 e. The number of hydrogen-bond donors (Lipinski definition) is 1. The average Bonchev–Trinajstić information content (AvgIpc) is 2.66. The van der Waals surface area contributed by atoms with Crippen LogP contribution in [0.15, 0.2) is 24.5 Å². The standard InChI is InChI=1S/C22H38N2O2/c1-3-5-7-8-9-10-12-14-21(13-11-6-4-2)26-22(25)24-19-20-15-17-23-18-16-20/h15-18,21H,3-14,19H2,1-2H3,(H,24,25). The number of carbonyl (C=O) groups excluding carboxylic acids is 1. The number of ether oxygens (including phenoxy) is 1. The molecule has 0 bridgehead atoms. The summed E-state index contributed by atoms with van der Waals surface area (Å²) < 4.78 is 5.70. The van der Waals surface area contributed by atoms with Crippen LogP contribution >= 0.6 is 0 Å². The fraction of sp³-hybridized carbons (Fsp3) is 0.727. The lowest BCUT2D eigenvalue weighted by atomic mass is 10.0. The molecular weight excluding hydrogens is 324 g/mol. The summed E-state index contributed by atoms with van der Waals surface area (Å²) in [4.78, 5) is 16.1. The van der Waals surface area contributed by atoms with Crippen molar-refractivity contribution in [2.45, 2.75) is 104 Å². The summed E-state index contributed by atoms with van der Waals surface area (Å²) in [5.41, 5.74) is 1.03. The van der Waals surface area contributed by atoms with Crippen LogP contribution in [0.25, 0.3) is 0 Å². The molecule has 1 aromatic heterocycles. The lowest BCUT2D eigenvalue weighted by Crippen LogP contribution is -2.28. The Labute approximate surface area is 160 Å². The van der Waals surface area contributed by atoms with Crippen molar-refractivity contribution in [2.75, 3.05) is 0 Å². The van der Waals surface area contributed by atoms with Crippen LogP contribution in [0.5, 0.6) is 0 Å². The first kappa shape index (κ1) is 22.5. The highest BCUT2D eigenvalue weighted by molar-refractivity contribution is 5.67. The number of carbonyl (C=O) groups is 1. The van der Waals surface area contributed by atoms with E-state index in [1.54, 1.807) is 12.4 Å². The third-order valence-electron chi connectivity index (χ3n) is 4.72. The van der Waals surface area contributed by atoms with Crippen LogP contribution in [-0.2, 0) is 11.3 Å². The van der Waals surface area contributed by atoms with Crippen molar-refractivity contribution in [1.29, 1.82) is 0 Å². The number of nitrogens with one attached hydrogen (secondary N) is 1. The normalized spacial score (nSPS) is 11.9. The Morgan fingerprint density at radius 2 is 1.46 bits per heavy atom. The lowest BCUT2D eigenvalue weighted by molar-refractivity contribution is 0.0838. The van der Waals surface area contributed by atoms with E-state index in [1.165, 1.54) is 51.4 Å². The van der Waals surface area contributed by atoms with Gasteiger partial charge in [-0.1, -0.05) is 65.2 Å². The number of nitrogens with zero attached hydrogens (tertiary/aromatic N) is 1. The lowest BCUT2D eigenvalue weighted by Gasteiger charge is -2.18. The highest BCUT2D eigenvalue weighted by Crippen LogP contribution is 2.16. The van der Waals surface area contributed by atoms with Crippen LogP contribution in [0, 0.1) is 0 Å². The van der Waals surface area contributed by atoms with Crippen LogP contribution in [0.2, 0.25) is 0 Å². The van der Waals surface area contributed by atoms with Gasteiger partial charge < -0.3 is 10.1 Å². The largest absolute Gasteiger partial charge is 0.446 e. The molecule has 1 amide bonds. The van der Waals surface area contributed by atoms with E-state index in [4.69, 9.17) is 4.74 Å². The molecule has 0 aliphatic carbocycles. The summed E-state index contributed by atoms with van der Waals surface area (Å²) in [6.07, 6.45) is 17.7. The maximum absolute atomic E-state index is 12.1. The van der Waals surface area contributed by atoms with Crippen LogP contribution in [-0.4, -0.2) is 17.2 Å². The van der Waals surface area contributed by atoms with Crippen LogP contribution in [0.1, 0.15) is 96.5 Å². The number of unbranched alkanes of at least 4 members (excludes halogenated alkanes) is 8. The van der Waals surface area contributed by atoms with Gasteiger partial charge in [-0.25, -0.2) is 4.79 Å². The predicted molar refractivity (Wildman–Crippen MR) is 108 cm³/mol. The van der Waals surface area contributed by atoms with E-state index in [9.17, 15) is 4.79 Å². The number of hydrogen-bond acceptors (Lipinski definition) is 3. The Morgan fingerprint density at radius 3 is 2.12 bits per heavy atom. The predicted octanol–water partition coefficient (Wildman–Crippen LogP) is 6.40. The number of aromatic nitrogens is 1. The van der Waals surface area contributed by atoms with E-state index < -0.39 is 0 Å². The monoisotopic (exact) mass is 362 g/mol. The number of amides is 1. The minimum atomic E-state index is -0.300. The molecule has 1 N–H and O–H groups in total. The van der Waals surface area contributed by atoms with Crippen molar-refractivity contribution < 1.29 is 9.53 Å². The van der Waals surface area contributed by atoms with E-state index in [1.807, 2.05) is 12.1 Å². The molecule has 1 rings (SSSR count). The van der Waals surface area contributed by atoms with Crippen LogP contribution < -0.4 is 5.32 Å². The maximum Gasteiger partial charge on any atom is 0.407 e. The quantitative estimate of drug-likeness (QED) is 0.367. The fourth-order valence-electron chi connectivity index (χ4n) is 3.08. The highest BCUT2D eigenvalue weighted by atomic mass is 16.6. The first-order valence-corrected chi connectivity index (χ1v) is 10.6. The summed E-state index contributed by atoms with van der Waals surface area (Å²) in [6, 6.07) is 3.80. The molecule has 0 fully saturated rings. The molecule has 0 aromatic carbocycles. The topological polar surface area (TPSA) is 51.2 Å². The summed E-state index contributed by atoms with van der Waals surface area (Å²) in [5, 5.41) is 2.86. The maximum atomic E-state index is 12.1. The zero-order valence-electron chi connectivity index (χ0n) is 16.8. The van der Waals surface area contributed by atoms with E-state index in [-0.39, 0.29) is 12.2 Å². The van der Waals surface area contributed by atoms with Gasteiger partial charge in [-0.3, -0.25) is 4.98 Å². The van der Waals surface area contributed by atoms with Crippen molar-refractivity contribution >= 4 is 6.09 Å². The molecular formula is C22H38N2O2. The third kappa shape index (κ3) is 11.9. The van der Waals surface area contributed by atoms with Gasteiger partial charge in [0, 0.05) is 18.9 Å². The van der Waals surface area contributed by atoms with E-state index >= 15 is 0 Å². The summed E-state index contributed by atoms with van der Waals surface area (Å²) in [6.45, 7) is 4.94. The Bertz CT molecular complexity index is 451. The van der Waals surface area contributed by atoms with Crippen molar-refractivity contribution in [3.63, 3.8) is 0 Å². The van der Waals surface area contributed by atoms with Gasteiger partial charge >= 0.3 is 6.09 Å². The van der Waals surface area contributed by atoms with Crippen LogP contribution in [0.3, 0.4) is 0 Å². The third-order valence-corrected chi connectivity index (χ3v) is 4.72. The second kappa shape index (κ2) is 15.7. The molecule has 4 nitrogen and oxygen atoms in total. The first-order chi connectivity index (χ1) is 12.8. The van der Waals surface area contributed by atoms with Crippen molar-refractivity contribution in [3.05, 3.63) is 30.1 Å². The Morgan fingerprint density at radius 1 is 0.923 bits per heavy atom. The van der Waals surface area contributed by atoms with E-state index in [0.717, 1.165) is 31.2 Å². The zero-order valence-corrected chi connectivity index (χ0v) is 16.8. The van der Waals surface area contributed by atoms with E-state index in [2.05, 4.69) is 24.1 Å². The second-order valence-corrected chi connectivity index (χ2v) is 7.14. The number of rotatable bonds is 15. The molecule has 1 unspecified atom stereocenters. The summed E-state index contributed by atoms with van der Waals surface area (Å²) in [7, 11) is 0. The van der Waals surface area contributed by atoms with Crippen molar-refractivity contribution in [1.82, 2.24) is 10.3 Å². The highest BCUT2D eigenvalue weighted by Gasteiger charge is 2.14. The van der Waals surface area contributed by atoms with Gasteiger partial charge in [0.2, 0.25) is 0 Å². The van der Waals surface area contributed by atoms with Gasteiger partial charge in [0.1, 0.15) is 6.10 Å². The molecule has 0 saturated carbocycles. The van der Waals surface area contributed by atoms with Gasteiger partial charge in [0.25, 0.3) is 0 Å². The molecule has 26 heavy (non-hydrogen) atoms. The molecule has 148 valence electrons. The molecule has 0 spiro atoms. The first-order valence-electron chi connectivity index (χ1n) is 10.6. The average molecular weight is 363 g/mol. The summed E-state index contributed by atoms with van der Waals surface area (Å²) >= 11 is 0. The molecule has 0 aliphatic rings. The molecule has 1 atom stereocenters. The number of alkyl carbamates (subject to hydrolysis) is 1.